The number of nitrogens with zero attached hydrogens (tertiary/aromatic N) is 3. The molecule has 1 amide bonds. The van der Waals surface area contributed by atoms with Crippen LogP contribution in [-0.4, -0.2) is 40.1 Å². The lowest BCUT2D eigenvalue weighted by Crippen LogP contribution is -2.49. The summed E-state index contributed by atoms with van der Waals surface area (Å²) in [6.45, 7) is 3.54. The van der Waals surface area contributed by atoms with Crippen LogP contribution in [0.1, 0.15) is 32.1 Å². The fourth-order valence-corrected chi connectivity index (χ4v) is 3.67. The van der Waals surface area contributed by atoms with Gasteiger partial charge in [0.05, 0.1) is 4.88 Å². The van der Waals surface area contributed by atoms with Gasteiger partial charge in [-0.3, -0.25) is 4.79 Å². The van der Waals surface area contributed by atoms with Crippen molar-refractivity contribution in [2.45, 2.75) is 38.6 Å². The molecular formula is C16H23ClN4O2S. The second-order valence-electron chi connectivity index (χ2n) is 6.10. The number of piperidine rings is 1. The molecule has 0 radical (unpaired) electrons. The van der Waals surface area contributed by atoms with E-state index in [2.05, 4.69) is 17.1 Å². The van der Waals surface area contributed by atoms with Gasteiger partial charge in [-0.1, -0.05) is 18.1 Å². The Kier molecular flexibility index (Phi) is 6.77. The number of likely N-dealkylation sites (tertiary alicyclic amines) is 1. The van der Waals surface area contributed by atoms with Crippen molar-refractivity contribution in [1.29, 1.82) is 0 Å². The SMILES string of the molecule is CC1CCN(C(=O)CCc2nc(-c3cccs3)no2)C(CN)C1.Cl. The van der Waals surface area contributed by atoms with Gasteiger partial charge in [0.2, 0.25) is 17.6 Å². The van der Waals surface area contributed by atoms with Crippen LogP contribution in [0.2, 0.25) is 0 Å². The summed E-state index contributed by atoms with van der Waals surface area (Å²) in [6, 6.07) is 4.06. The maximum absolute atomic E-state index is 12.5. The van der Waals surface area contributed by atoms with E-state index in [4.69, 9.17) is 10.3 Å². The van der Waals surface area contributed by atoms with Gasteiger partial charge in [0.25, 0.3) is 0 Å². The molecule has 1 aliphatic rings. The van der Waals surface area contributed by atoms with Gasteiger partial charge in [0.15, 0.2) is 0 Å². The molecule has 8 heteroatoms. The van der Waals surface area contributed by atoms with Gasteiger partial charge < -0.3 is 15.2 Å². The Bertz CT molecular complexity index is 646. The highest BCUT2D eigenvalue weighted by atomic mass is 35.5. The van der Waals surface area contributed by atoms with Gasteiger partial charge in [-0.05, 0) is 30.2 Å². The minimum atomic E-state index is 0. The molecule has 2 aromatic rings. The fourth-order valence-electron chi connectivity index (χ4n) is 3.02. The normalized spacial score (nSPS) is 20.7. The number of aryl methyl sites for hydroxylation is 1. The third kappa shape index (κ3) is 4.34. The average molecular weight is 371 g/mol. The first-order valence-corrected chi connectivity index (χ1v) is 8.91. The third-order valence-corrected chi connectivity index (χ3v) is 5.20. The molecule has 0 saturated carbocycles. The van der Waals surface area contributed by atoms with Crippen molar-refractivity contribution in [3.63, 3.8) is 0 Å². The molecule has 1 saturated heterocycles. The molecule has 0 aliphatic carbocycles. The minimum Gasteiger partial charge on any atom is -0.339 e. The number of carbonyl (C=O) groups excluding carboxylic acids is 1. The number of rotatable bonds is 5. The summed E-state index contributed by atoms with van der Waals surface area (Å²) >= 11 is 1.57. The molecule has 0 spiro atoms. The predicted molar refractivity (Wildman–Crippen MR) is 96.1 cm³/mol. The first-order chi connectivity index (χ1) is 11.2. The van der Waals surface area contributed by atoms with Crippen molar-refractivity contribution >= 4 is 29.7 Å². The second kappa shape index (κ2) is 8.60. The van der Waals surface area contributed by atoms with Gasteiger partial charge in [-0.25, -0.2) is 0 Å². The van der Waals surface area contributed by atoms with E-state index in [0.717, 1.165) is 24.3 Å². The maximum atomic E-state index is 12.5. The van der Waals surface area contributed by atoms with E-state index in [1.54, 1.807) is 11.3 Å². The molecule has 1 fully saturated rings. The Hall–Kier alpha value is -1.44. The van der Waals surface area contributed by atoms with Gasteiger partial charge in [-0.15, -0.1) is 23.7 Å². The molecule has 2 N–H and O–H groups in total. The molecule has 6 nitrogen and oxygen atoms in total. The highest BCUT2D eigenvalue weighted by Gasteiger charge is 2.28. The molecule has 2 aromatic heterocycles. The first-order valence-electron chi connectivity index (χ1n) is 8.03. The molecular weight excluding hydrogens is 348 g/mol. The number of thiophene rings is 1. The van der Waals surface area contributed by atoms with Crippen LogP contribution < -0.4 is 5.73 Å². The van der Waals surface area contributed by atoms with Crippen molar-refractivity contribution in [2.24, 2.45) is 11.7 Å². The molecule has 1 aliphatic heterocycles. The zero-order valence-corrected chi connectivity index (χ0v) is 15.3. The van der Waals surface area contributed by atoms with E-state index < -0.39 is 0 Å². The number of carbonyl (C=O) groups is 1. The monoisotopic (exact) mass is 370 g/mol. The molecule has 0 aromatic carbocycles. The number of nitrogens with two attached hydrogens (primary N) is 1. The summed E-state index contributed by atoms with van der Waals surface area (Å²) in [5, 5.41) is 5.94. The van der Waals surface area contributed by atoms with Gasteiger partial charge in [-0.2, -0.15) is 4.98 Å². The van der Waals surface area contributed by atoms with Crippen molar-refractivity contribution in [3.8, 4) is 10.7 Å². The Labute approximate surface area is 151 Å². The predicted octanol–water partition coefficient (Wildman–Crippen LogP) is 2.74. The quantitative estimate of drug-likeness (QED) is 0.874. The van der Waals surface area contributed by atoms with Crippen LogP contribution in [0.5, 0.6) is 0 Å². The summed E-state index contributed by atoms with van der Waals surface area (Å²) in [5.41, 5.74) is 5.82. The van der Waals surface area contributed by atoms with E-state index in [1.807, 2.05) is 22.4 Å². The Morgan fingerprint density at radius 1 is 1.54 bits per heavy atom. The Morgan fingerprint density at radius 3 is 3.08 bits per heavy atom. The number of aromatic nitrogens is 2. The molecule has 2 unspecified atom stereocenters. The molecule has 3 rings (SSSR count). The standard InChI is InChI=1S/C16H22N4O2S.ClH/c1-11-6-7-20(12(9-11)10-17)15(21)5-4-14-18-16(19-22-14)13-3-2-8-23-13;/h2-3,8,11-12H,4-7,9-10,17H2,1H3;1H. The fraction of sp³-hybridized carbons (Fsp3) is 0.562. The lowest BCUT2D eigenvalue weighted by atomic mass is 9.92. The van der Waals surface area contributed by atoms with Crippen LogP contribution in [0.4, 0.5) is 0 Å². The molecule has 2 atom stereocenters. The molecule has 132 valence electrons. The number of amides is 1. The van der Waals surface area contributed by atoms with E-state index in [9.17, 15) is 4.79 Å². The molecule has 3 heterocycles. The van der Waals surface area contributed by atoms with Crippen LogP contribution in [0, 0.1) is 5.92 Å². The van der Waals surface area contributed by atoms with E-state index in [1.165, 1.54) is 0 Å². The van der Waals surface area contributed by atoms with Crippen molar-refractivity contribution in [1.82, 2.24) is 15.0 Å². The summed E-state index contributed by atoms with van der Waals surface area (Å²) in [6.07, 6.45) is 2.90. The van der Waals surface area contributed by atoms with Gasteiger partial charge >= 0.3 is 0 Å². The van der Waals surface area contributed by atoms with E-state index >= 15 is 0 Å². The van der Waals surface area contributed by atoms with E-state index in [0.29, 0.717) is 37.0 Å². The van der Waals surface area contributed by atoms with Crippen molar-refractivity contribution < 1.29 is 9.32 Å². The third-order valence-electron chi connectivity index (χ3n) is 4.33. The zero-order chi connectivity index (χ0) is 16.2. The van der Waals surface area contributed by atoms with Crippen LogP contribution in [-0.2, 0) is 11.2 Å². The summed E-state index contributed by atoms with van der Waals surface area (Å²) in [4.78, 5) is 19.7. The first kappa shape index (κ1) is 18.9. The van der Waals surface area contributed by atoms with Crippen LogP contribution in [0.15, 0.2) is 22.0 Å². The zero-order valence-electron chi connectivity index (χ0n) is 13.7. The highest BCUT2D eigenvalue weighted by molar-refractivity contribution is 7.13. The average Bonchev–Trinajstić information content (AvgIpc) is 3.23. The smallest absolute Gasteiger partial charge is 0.227 e. The number of hydrogen-bond donors (Lipinski definition) is 1. The van der Waals surface area contributed by atoms with Crippen molar-refractivity contribution in [3.05, 3.63) is 23.4 Å². The lowest BCUT2D eigenvalue weighted by Gasteiger charge is -2.38. The van der Waals surface area contributed by atoms with Crippen molar-refractivity contribution in [2.75, 3.05) is 13.1 Å². The van der Waals surface area contributed by atoms with Crippen LogP contribution in [0.25, 0.3) is 10.7 Å². The maximum Gasteiger partial charge on any atom is 0.227 e. The largest absolute Gasteiger partial charge is 0.339 e. The van der Waals surface area contributed by atoms with E-state index in [-0.39, 0.29) is 24.4 Å². The second-order valence-corrected chi connectivity index (χ2v) is 7.04. The van der Waals surface area contributed by atoms with Gasteiger partial charge in [0, 0.05) is 32.0 Å². The summed E-state index contributed by atoms with van der Waals surface area (Å²) in [5.74, 6) is 1.87. The Balaban J connectivity index is 0.00000208. The summed E-state index contributed by atoms with van der Waals surface area (Å²) < 4.78 is 5.25. The Morgan fingerprint density at radius 2 is 2.38 bits per heavy atom. The number of hydrogen-bond acceptors (Lipinski definition) is 6. The molecule has 24 heavy (non-hydrogen) atoms. The number of halogens is 1. The molecule has 0 bridgehead atoms. The minimum absolute atomic E-state index is 0. The highest BCUT2D eigenvalue weighted by Crippen LogP contribution is 2.24. The van der Waals surface area contributed by atoms with Crippen LogP contribution >= 0.6 is 23.7 Å². The summed E-state index contributed by atoms with van der Waals surface area (Å²) in [7, 11) is 0. The topological polar surface area (TPSA) is 85.2 Å². The van der Waals surface area contributed by atoms with Crippen LogP contribution in [0.3, 0.4) is 0 Å². The lowest BCUT2D eigenvalue weighted by molar-refractivity contribution is -0.135. The van der Waals surface area contributed by atoms with Gasteiger partial charge in [0.1, 0.15) is 0 Å².